The minimum absolute atomic E-state index is 0.108. The minimum Gasteiger partial charge on any atom is -0.406 e. The topological polar surface area (TPSA) is 54.2 Å². The molecule has 5 heteroatoms. The van der Waals surface area contributed by atoms with Crippen LogP contribution in [-0.4, -0.2) is 29.8 Å². The molecule has 0 aliphatic carbocycles. The predicted molar refractivity (Wildman–Crippen MR) is 82.9 cm³/mol. The van der Waals surface area contributed by atoms with Crippen molar-refractivity contribution >= 4 is 6.01 Å². The van der Waals surface area contributed by atoms with E-state index in [0.717, 1.165) is 26.1 Å². The van der Waals surface area contributed by atoms with Gasteiger partial charge in [-0.25, -0.2) is 0 Å². The molecule has 116 valence electrons. The average molecular weight is 282 g/mol. The summed E-state index contributed by atoms with van der Waals surface area (Å²) >= 11 is 0. The van der Waals surface area contributed by atoms with E-state index in [1.54, 1.807) is 0 Å². The van der Waals surface area contributed by atoms with Gasteiger partial charge in [0, 0.05) is 13.1 Å². The van der Waals surface area contributed by atoms with Crippen LogP contribution in [0.2, 0.25) is 0 Å². The fourth-order valence-electron chi connectivity index (χ4n) is 2.09. The third-order valence-electron chi connectivity index (χ3n) is 2.94. The first-order valence-electron chi connectivity index (χ1n) is 7.75. The molecule has 0 spiro atoms. The van der Waals surface area contributed by atoms with Crippen LogP contribution in [-0.2, 0) is 0 Å². The maximum absolute atomic E-state index is 5.85. The Bertz CT molecular complexity index is 366. The van der Waals surface area contributed by atoms with Crippen molar-refractivity contribution in [1.82, 2.24) is 15.5 Å². The standard InChI is InChI=1S/C15H30N4O/c1-7-8-16-13(6)14-17-18-15(20-14)19(9-11(2)3)10-12(4)5/h11-13,16H,7-10H2,1-6H3. The maximum Gasteiger partial charge on any atom is 0.318 e. The SMILES string of the molecule is CCCNC(C)c1nnc(N(CC(C)C)CC(C)C)o1. The number of anilines is 1. The molecule has 0 saturated carbocycles. The summed E-state index contributed by atoms with van der Waals surface area (Å²) in [4.78, 5) is 2.19. The molecule has 1 aromatic rings. The Morgan fingerprint density at radius 3 is 2.15 bits per heavy atom. The zero-order valence-electron chi connectivity index (χ0n) is 13.8. The van der Waals surface area contributed by atoms with Crippen molar-refractivity contribution in [2.45, 2.75) is 54.0 Å². The molecule has 0 amide bonds. The lowest BCUT2D eigenvalue weighted by atomic mass is 10.1. The molecule has 0 bridgehead atoms. The molecule has 1 rings (SSSR count). The Kier molecular flexibility index (Phi) is 6.99. The molecule has 20 heavy (non-hydrogen) atoms. The van der Waals surface area contributed by atoms with Gasteiger partial charge < -0.3 is 14.6 Å². The number of nitrogens with one attached hydrogen (secondary N) is 1. The molecular weight excluding hydrogens is 252 g/mol. The monoisotopic (exact) mass is 282 g/mol. The number of hydrogen-bond donors (Lipinski definition) is 1. The van der Waals surface area contributed by atoms with E-state index in [4.69, 9.17) is 4.42 Å². The van der Waals surface area contributed by atoms with Crippen LogP contribution in [0.25, 0.3) is 0 Å². The fraction of sp³-hybridized carbons (Fsp3) is 0.867. The maximum atomic E-state index is 5.85. The van der Waals surface area contributed by atoms with Crippen LogP contribution in [0.3, 0.4) is 0 Å². The number of rotatable bonds is 9. The summed E-state index contributed by atoms with van der Waals surface area (Å²) in [5.41, 5.74) is 0. The van der Waals surface area contributed by atoms with Crippen LogP contribution >= 0.6 is 0 Å². The van der Waals surface area contributed by atoms with E-state index in [0.29, 0.717) is 23.7 Å². The number of nitrogens with zero attached hydrogens (tertiary/aromatic N) is 3. The minimum atomic E-state index is 0.108. The van der Waals surface area contributed by atoms with Gasteiger partial charge >= 0.3 is 6.01 Å². The van der Waals surface area contributed by atoms with Crippen LogP contribution in [0, 0.1) is 11.8 Å². The zero-order valence-corrected chi connectivity index (χ0v) is 13.8. The molecule has 0 aliphatic heterocycles. The Balaban J connectivity index is 2.74. The van der Waals surface area contributed by atoms with Gasteiger partial charge in [0.2, 0.25) is 5.89 Å². The smallest absolute Gasteiger partial charge is 0.318 e. The second-order valence-electron chi connectivity index (χ2n) is 6.29. The van der Waals surface area contributed by atoms with Crippen LogP contribution in [0.1, 0.15) is 59.9 Å². The molecule has 5 nitrogen and oxygen atoms in total. The normalized spacial score (nSPS) is 13.2. The van der Waals surface area contributed by atoms with Crippen molar-refractivity contribution in [3.8, 4) is 0 Å². The quantitative estimate of drug-likeness (QED) is 0.753. The molecule has 0 fully saturated rings. The largest absolute Gasteiger partial charge is 0.406 e. The van der Waals surface area contributed by atoms with Gasteiger partial charge in [-0.15, -0.1) is 5.10 Å². The third-order valence-corrected chi connectivity index (χ3v) is 2.94. The van der Waals surface area contributed by atoms with Gasteiger partial charge in [-0.05, 0) is 31.7 Å². The highest BCUT2D eigenvalue weighted by Crippen LogP contribution is 2.19. The molecule has 0 aliphatic rings. The van der Waals surface area contributed by atoms with E-state index in [1.807, 2.05) is 0 Å². The van der Waals surface area contributed by atoms with Crippen molar-refractivity contribution in [2.75, 3.05) is 24.5 Å². The summed E-state index contributed by atoms with van der Waals surface area (Å²) in [6.45, 7) is 15.9. The third kappa shape index (κ3) is 5.49. The van der Waals surface area contributed by atoms with Crippen LogP contribution < -0.4 is 10.2 Å². The van der Waals surface area contributed by atoms with Crippen molar-refractivity contribution in [1.29, 1.82) is 0 Å². The zero-order chi connectivity index (χ0) is 15.1. The summed E-state index contributed by atoms with van der Waals surface area (Å²) < 4.78 is 5.85. The Labute approximate surface area is 123 Å². The summed E-state index contributed by atoms with van der Waals surface area (Å²) in [6, 6.07) is 0.753. The van der Waals surface area contributed by atoms with E-state index < -0.39 is 0 Å². The Morgan fingerprint density at radius 2 is 1.65 bits per heavy atom. The highest BCUT2D eigenvalue weighted by molar-refractivity contribution is 5.24. The summed E-state index contributed by atoms with van der Waals surface area (Å²) in [5.74, 6) is 1.81. The van der Waals surface area contributed by atoms with Gasteiger partial charge in [0.05, 0.1) is 6.04 Å². The summed E-state index contributed by atoms with van der Waals surface area (Å²) in [7, 11) is 0. The lowest BCUT2D eigenvalue weighted by molar-refractivity contribution is 0.405. The lowest BCUT2D eigenvalue weighted by Gasteiger charge is -2.24. The van der Waals surface area contributed by atoms with Crippen molar-refractivity contribution in [3.63, 3.8) is 0 Å². The van der Waals surface area contributed by atoms with Gasteiger partial charge in [0.1, 0.15) is 0 Å². The van der Waals surface area contributed by atoms with Crippen LogP contribution in [0.5, 0.6) is 0 Å². The first-order valence-corrected chi connectivity index (χ1v) is 7.75. The molecular formula is C15H30N4O. The van der Waals surface area contributed by atoms with Gasteiger partial charge in [-0.3, -0.25) is 0 Å². The molecule has 0 aromatic carbocycles. The highest BCUT2D eigenvalue weighted by atomic mass is 16.4. The number of aromatic nitrogens is 2. The lowest BCUT2D eigenvalue weighted by Crippen LogP contribution is -2.31. The molecule has 0 saturated heterocycles. The van der Waals surface area contributed by atoms with Crippen molar-refractivity contribution < 1.29 is 4.42 Å². The molecule has 0 radical (unpaired) electrons. The van der Waals surface area contributed by atoms with Gasteiger partial charge in [-0.1, -0.05) is 39.7 Å². The summed E-state index contributed by atoms with van der Waals surface area (Å²) in [5, 5.41) is 11.8. The molecule has 1 aromatic heterocycles. The molecule has 1 N–H and O–H groups in total. The van der Waals surface area contributed by atoms with E-state index in [2.05, 4.69) is 62.0 Å². The predicted octanol–water partition coefficient (Wildman–Crippen LogP) is 3.25. The Hall–Kier alpha value is -1.10. The second-order valence-corrected chi connectivity index (χ2v) is 6.29. The van der Waals surface area contributed by atoms with E-state index in [9.17, 15) is 0 Å². The van der Waals surface area contributed by atoms with Crippen molar-refractivity contribution in [3.05, 3.63) is 5.89 Å². The van der Waals surface area contributed by atoms with Crippen LogP contribution in [0.15, 0.2) is 4.42 Å². The highest BCUT2D eigenvalue weighted by Gasteiger charge is 2.19. The molecule has 1 unspecified atom stereocenters. The van der Waals surface area contributed by atoms with E-state index in [-0.39, 0.29) is 6.04 Å². The number of hydrogen-bond acceptors (Lipinski definition) is 5. The average Bonchev–Trinajstić information content (AvgIpc) is 2.83. The first kappa shape index (κ1) is 17.0. The van der Waals surface area contributed by atoms with Gasteiger partial charge in [0.25, 0.3) is 0 Å². The molecule has 1 heterocycles. The van der Waals surface area contributed by atoms with E-state index >= 15 is 0 Å². The van der Waals surface area contributed by atoms with Gasteiger partial charge in [0.15, 0.2) is 0 Å². The fourth-order valence-corrected chi connectivity index (χ4v) is 2.09. The van der Waals surface area contributed by atoms with E-state index in [1.165, 1.54) is 0 Å². The molecule has 1 atom stereocenters. The second kappa shape index (κ2) is 8.25. The van der Waals surface area contributed by atoms with Crippen LogP contribution in [0.4, 0.5) is 6.01 Å². The van der Waals surface area contributed by atoms with Crippen molar-refractivity contribution in [2.24, 2.45) is 11.8 Å². The van der Waals surface area contributed by atoms with Gasteiger partial charge in [-0.2, -0.15) is 0 Å². The Morgan fingerprint density at radius 1 is 1.05 bits per heavy atom. The first-order chi connectivity index (χ1) is 9.43. The summed E-state index contributed by atoms with van der Waals surface area (Å²) in [6.07, 6.45) is 1.10.